The number of rotatable bonds is 8. The van der Waals surface area contributed by atoms with Gasteiger partial charge >= 0.3 is 5.97 Å². The molecule has 0 unspecified atom stereocenters. The largest absolute Gasteiger partial charge is 0.511 e. The third-order valence-electron chi connectivity index (χ3n) is 3.74. The molecule has 0 aliphatic carbocycles. The van der Waals surface area contributed by atoms with Crippen LogP contribution in [0.3, 0.4) is 0 Å². The summed E-state index contributed by atoms with van der Waals surface area (Å²) in [5.74, 6) is -1.29. The number of aliphatic carboxylic acids is 1. The Balaban J connectivity index is 2.40. The van der Waals surface area contributed by atoms with Crippen LogP contribution in [0.4, 0.5) is 0 Å². The van der Waals surface area contributed by atoms with Gasteiger partial charge in [0, 0.05) is 18.2 Å². The van der Waals surface area contributed by atoms with Gasteiger partial charge in [-0.2, -0.15) is 5.10 Å². The van der Waals surface area contributed by atoms with E-state index in [1.807, 2.05) is 0 Å². The molecule has 0 aliphatic heterocycles. The summed E-state index contributed by atoms with van der Waals surface area (Å²) in [6, 6.07) is 1.46. The van der Waals surface area contributed by atoms with Crippen LogP contribution in [0.2, 0.25) is 0 Å². The number of pyridine rings is 1. The molecular weight excluding hydrogens is 298 g/mol. The fourth-order valence-electron chi connectivity index (χ4n) is 2.55. The highest BCUT2D eigenvalue weighted by Crippen LogP contribution is 2.07. The van der Waals surface area contributed by atoms with Crippen molar-refractivity contribution < 1.29 is 15.0 Å². The van der Waals surface area contributed by atoms with Gasteiger partial charge in [0.15, 0.2) is 11.1 Å². The van der Waals surface area contributed by atoms with Gasteiger partial charge in [0.2, 0.25) is 0 Å². The molecule has 0 aromatic carbocycles. The zero-order valence-electron chi connectivity index (χ0n) is 13.2. The number of fused-ring (bicyclic) bond motifs is 1. The summed E-state index contributed by atoms with van der Waals surface area (Å²) in [6.45, 7) is 2.13. The number of carboxylic acids is 1. The number of unbranched alkanes of at least 4 members (excludes halogenated alkanes) is 3. The Bertz CT molecular complexity index is 797. The lowest BCUT2D eigenvalue weighted by Crippen LogP contribution is -2.31. The maximum Gasteiger partial charge on any atom is 0.303 e. The second kappa shape index (κ2) is 7.71. The normalized spacial score (nSPS) is 12.6. The van der Waals surface area contributed by atoms with Crippen molar-refractivity contribution in [3.8, 4) is 0 Å². The molecule has 124 valence electrons. The van der Waals surface area contributed by atoms with Gasteiger partial charge in [0.25, 0.3) is 0 Å². The van der Waals surface area contributed by atoms with E-state index in [0.717, 1.165) is 31.4 Å². The highest BCUT2D eigenvalue weighted by molar-refractivity contribution is 5.68. The first-order valence-electron chi connectivity index (χ1n) is 7.84. The molecule has 2 aromatic rings. The third-order valence-corrected chi connectivity index (χ3v) is 3.74. The fraction of sp³-hybridized carbons (Fsp3) is 0.500. The van der Waals surface area contributed by atoms with E-state index in [2.05, 4.69) is 17.0 Å². The lowest BCUT2D eigenvalue weighted by Gasteiger charge is -2.05. The van der Waals surface area contributed by atoms with Crippen LogP contribution in [0.1, 0.15) is 51.1 Å². The van der Waals surface area contributed by atoms with Crippen molar-refractivity contribution in [1.82, 2.24) is 14.6 Å². The van der Waals surface area contributed by atoms with E-state index >= 15 is 0 Å². The Morgan fingerprint density at radius 3 is 2.70 bits per heavy atom. The Morgan fingerprint density at radius 2 is 2.00 bits per heavy atom. The topological polar surface area (TPSA) is 105 Å². The Morgan fingerprint density at radius 1 is 1.22 bits per heavy atom. The molecule has 0 spiro atoms. The molecule has 2 rings (SSSR count). The SMILES string of the molecule is CCCCCCc1cc(=O)/c(=C(/O)CCC(=O)O)c2ncnn12. The first-order chi connectivity index (χ1) is 11.0. The zero-order chi connectivity index (χ0) is 16.8. The summed E-state index contributed by atoms with van der Waals surface area (Å²) >= 11 is 0. The Labute approximate surface area is 133 Å². The van der Waals surface area contributed by atoms with Crippen LogP contribution in [0.15, 0.2) is 17.2 Å². The van der Waals surface area contributed by atoms with Crippen LogP contribution < -0.4 is 10.6 Å². The average molecular weight is 319 g/mol. The first kappa shape index (κ1) is 16.9. The molecule has 2 aromatic heterocycles. The van der Waals surface area contributed by atoms with E-state index in [1.54, 1.807) is 4.52 Å². The summed E-state index contributed by atoms with van der Waals surface area (Å²) in [4.78, 5) is 27.0. The van der Waals surface area contributed by atoms with E-state index in [-0.39, 0.29) is 34.9 Å². The van der Waals surface area contributed by atoms with E-state index in [0.29, 0.717) is 6.42 Å². The first-order valence-corrected chi connectivity index (χ1v) is 7.84. The van der Waals surface area contributed by atoms with Gasteiger partial charge in [-0.25, -0.2) is 9.50 Å². The molecule has 2 N–H and O–H groups in total. The lowest BCUT2D eigenvalue weighted by atomic mass is 10.1. The molecule has 0 saturated heterocycles. The van der Waals surface area contributed by atoms with Gasteiger partial charge in [-0.3, -0.25) is 9.59 Å². The van der Waals surface area contributed by atoms with Gasteiger partial charge in [0.1, 0.15) is 17.3 Å². The second-order valence-electron chi connectivity index (χ2n) is 5.52. The van der Waals surface area contributed by atoms with Crippen LogP contribution in [0.5, 0.6) is 0 Å². The van der Waals surface area contributed by atoms with Crippen LogP contribution in [0, 0.1) is 0 Å². The zero-order valence-corrected chi connectivity index (χ0v) is 13.2. The predicted octanol–water partition coefficient (Wildman–Crippen LogP) is 1.46. The molecule has 0 bridgehead atoms. The summed E-state index contributed by atoms with van der Waals surface area (Å²) in [5.41, 5.74) is 0.693. The van der Waals surface area contributed by atoms with Gasteiger partial charge < -0.3 is 10.2 Å². The van der Waals surface area contributed by atoms with Gasteiger partial charge in [-0.05, 0) is 12.8 Å². The Kier molecular flexibility index (Phi) is 5.67. The van der Waals surface area contributed by atoms with Crippen LogP contribution in [0.25, 0.3) is 11.4 Å². The Hall–Kier alpha value is -2.44. The number of aliphatic hydroxyl groups excluding tert-OH is 1. The summed E-state index contributed by atoms with van der Waals surface area (Å²) < 4.78 is 1.56. The van der Waals surface area contributed by atoms with Crippen LogP contribution >= 0.6 is 0 Å². The maximum atomic E-state index is 12.3. The third kappa shape index (κ3) is 4.06. The average Bonchev–Trinajstić information content (AvgIpc) is 2.98. The minimum Gasteiger partial charge on any atom is -0.511 e. The molecule has 7 nitrogen and oxygen atoms in total. The smallest absolute Gasteiger partial charge is 0.303 e. The van der Waals surface area contributed by atoms with E-state index < -0.39 is 5.97 Å². The molecule has 7 heteroatoms. The van der Waals surface area contributed by atoms with Gasteiger partial charge in [-0.1, -0.05) is 26.2 Å². The molecule has 0 amide bonds. The molecule has 0 aliphatic rings. The summed E-state index contributed by atoms with van der Waals surface area (Å²) in [6.07, 6.45) is 6.01. The molecule has 2 heterocycles. The van der Waals surface area contributed by atoms with Gasteiger partial charge in [0.05, 0.1) is 6.42 Å². The number of carbonyl (C=O) groups is 1. The number of aliphatic hydroxyl groups is 1. The second-order valence-corrected chi connectivity index (χ2v) is 5.52. The minimum atomic E-state index is -1.03. The molecule has 0 saturated carbocycles. The number of aromatic nitrogens is 3. The van der Waals surface area contributed by atoms with Crippen molar-refractivity contribution in [2.45, 2.75) is 51.9 Å². The lowest BCUT2D eigenvalue weighted by molar-refractivity contribution is -0.136. The van der Waals surface area contributed by atoms with Crippen molar-refractivity contribution in [3.05, 3.63) is 33.5 Å². The number of hydrogen-bond donors (Lipinski definition) is 2. The monoisotopic (exact) mass is 319 g/mol. The van der Waals surface area contributed by atoms with Crippen molar-refractivity contribution in [3.63, 3.8) is 0 Å². The fourth-order valence-corrected chi connectivity index (χ4v) is 2.55. The van der Waals surface area contributed by atoms with Crippen molar-refractivity contribution >= 4 is 17.4 Å². The summed E-state index contributed by atoms with van der Waals surface area (Å²) in [7, 11) is 0. The molecule has 0 fully saturated rings. The van der Waals surface area contributed by atoms with E-state index in [1.165, 1.54) is 12.4 Å². The number of aryl methyl sites for hydroxylation is 1. The standard InChI is InChI=1S/C16H21N3O4/c1-2-3-4-5-6-11-9-13(21)15(12(20)7-8-14(22)23)16-17-10-18-19(11)16/h9-10,20H,2-8H2,1H3,(H,22,23)/b15-12-. The van der Waals surface area contributed by atoms with E-state index in [9.17, 15) is 14.7 Å². The number of hydrogen-bond acceptors (Lipinski definition) is 5. The number of carboxylic acid groups (broad SMARTS) is 1. The quantitative estimate of drug-likeness (QED) is 0.714. The van der Waals surface area contributed by atoms with Crippen LogP contribution in [-0.4, -0.2) is 30.8 Å². The molecule has 0 atom stereocenters. The predicted molar refractivity (Wildman–Crippen MR) is 85.2 cm³/mol. The number of nitrogens with zero attached hydrogens (tertiary/aromatic N) is 3. The molecule has 23 heavy (non-hydrogen) atoms. The van der Waals surface area contributed by atoms with Crippen molar-refractivity contribution in [1.29, 1.82) is 0 Å². The van der Waals surface area contributed by atoms with Crippen molar-refractivity contribution in [2.75, 3.05) is 0 Å². The maximum absolute atomic E-state index is 12.3. The van der Waals surface area contributed by atoms with Gasteiger partial charge in [-0.15, -0.1) is 0 Å². The molecular formula is C16H21N3O4. The van der Waals surface area contributed by atoms with Crippen molar-refractivity contribution in [2.24, 2.45) is 0 Å². The highest BCUT2D eigenvalue weighted by Gasteiger charge is 2.12. The highest BCUT2D eigenvalue weighted by atomic mass is 16.4. The summed E-state index contributed by atoms with van der Waals surface area (Å²) in [5, 5.41) is 22.9. The van der Waals surface area contributed by atoms with Crippen LogP contribution in [-0.2, 0) is 11.2 Å². The molecule has 0 radical (unpaired) electrons. The van der Waals surface area contributed by atoms with E-state index in [4.69, 9.17) is 5.11 Å². The minimum absolute atomic E-state index is 0.0426.